The van der Waals surface area contributed by atoms with Gasteiger partial charge in [-0.1, -0.05) is 45.4 Å². The van der Waals surface area contributed by atoms with Crippen LogP contribution in [0.25, 0.3) is 10.9 Å². The number of aromatic amines is 1. The first-order valence-corrected chi connectivity index (χ1v) is 10.2. The molecule has 2 aliphatic rings. The van der Waals surface area contributed by atoms with Crippen molar-refractivity contribution in [3.63, 3.8) is 0 Å². The second-order valence-corrected chi connectivity index (χ2v) is 9.08. The Bertz CT molecular complexity index is 948. The van der Waals surface area contributed by atoms with Crippen molar-refractivity contribution in [2.24, 2.45) is 5.41 Å². The fourth-order valence-corrected chi connectivity index (χ4v) is 4.19. The number of benzene rings is 1. The molecule has 1 aromatic carbocycles. The zero-order valence-electron chi connectivity index (χ0n) is 16.9. The van der Waals surface area contributed by atoms with Crippen LogP contribution in [0.5, 0.6) is 0 Å². The van der Waals surface area contributed by atoms with Crippen molar-refractivity contribution in [1.29, 1.82) is 0 Å². The zero-order chi connectivity index (χ0) is 19.2. The van der Waals surface area contributed by atoms with Crippen LogP contribution >= 0.6 is 0 Å². The highest BCUT2D eigenvalue weighted by molar-refractivity contribution is 6.01. The van der Waals surface area contributed by atoms with E-state index in [-0.39, 0.29) is 16.7 Å². The standard InChI is InChI=1S/C24H30N2O/c1-5-16-8-6-7-9-19(16)24(12-13-24)22(27)25-18-10-11-20-17(14-18)15-21(26-20)23(2,3)4/h7,9-11,14-15,26H,5-6,8,12-13H2,1-4H3,(H,25,27). The lowest BCUT2D eigenvalue weighted by Crippen LogP contribution is -2.27. The van der Waals surface area contributed by atoms with Crippen LogP contribution in [-0.2, 0) is 10.2 Å². The summed E-state index contributed by atoms with van der Waals surface area (Å²) < 4.78 is 0. The number of hydrogen-bond donors (Lipinski definition) is 2. The van der Waals surface area contributed by atoms with Gasteiger partial charge in [0.05, 0.1) is 5.41 Å². The van der Waals surface area contributed by atoms with Crippen LogP contribution in [0.1, 0.15) is 65.5 Å². The van der Waals surface area contributed by atoms with Crippen LogP contribution in [0.4, 0.5) is 5.69 Å². The summed E-state index contributed by atoms with van der Waals surface area (Å²) in [6.07, 6.45) is 9.60. The van der Waals surface area contributed by atoms with Crippen molar-refractivity contribution in [2.75, 3.05) is 5.32 Å². The Balaban J connectivity index is 1.59. The fraction of sp³-hybridized carbons (Fsp3) is 0.458. The van der Waals surface area contributed by atoms with E-state index < -0.39 is 0 Å². The van der Waals surface area contributed by atoms with Gasteiger partial charge in [0.1, 0.15) is 0 Å². The van der Waals surface area contributed by atoms with Gasteiger partial charge in [-0.05, 0) is 61.9 Å². The van der Waals surface area contributed by atoms with E-state index in [0.29, 0.717) is 0 Å². The maximum atomic E-state index is 13.2. The van der Waals surface area contributed by atoms with Crippen LogP contribution < -0.4 is 5.32 Å². The number of allylic oxidation sites excluding steroid dienone is 3. The molecule has 0 bridgehead atoms. The Labute approximate surface area is 161 Å². The molecule has 2 aromatic rings. The molecule has 3 nitrogen and oxygen atoms in total. The average Bonchev–Trinajstić information content (AvgIpc) is 3.33. The number of aromatic nitrogens is 1. The molecule has 142 valence electrons. The van der Waals surface area contributed by atoms with E-state index in [0.717, 1.165) is 48.7 Å². The quantitative estimate of drug-likeness (QED) is 0.664. The van der Waals surface area contributed by atoms with Gasteiger partial charge >= 0.3 is 0 Å². The topological polar surface area (TPSA) is 44.9 Å². The van der Waals surface area contributed by atoms with Crippen molar-refractivity contribution >= 4 is 22.5 Å². The van der Waals surface area contributed by atoms with Crippen LogP contribution in [0.3, 0.4) is 0 Å². The van der Waals surface area contributed by atoms with Crippen molar-refractivity contribution in [1.82, 2.24) is 4.98 Å². The molecule has 0 atom stereocenters. The van der Waals surface area contributed by atoms with E-state index in [9.17, 15) is 4.79 Å². The molecule has 27 heavy (non-hydrogen) atoms. The summed E-state index contributed by atoms with van der Waals surface area (Å²) in [5.41, 5.74) is 5.74. The molecule has 0 unspecified atom stereocenters. The Morgan fingerprint density at radius 3 is 2.67 bits per heavy atom. The zero-order valence-corrected chi connectivity index (χ0v) is 16.9. The minimum Gasteiger partial charge on any atom is -0.358 e. The van der Waals surface area contributed by atoms with Gasteiger partial charge in [0.2, 0.25) is 5.91 Å². The van der Waals surface area contributed by atoms with E-state index in [1.165, 1.54) is 16.8 Å². The molecule has 0 saturated heterocycles. The molecule has 3 heteroatoms. The number of amides is 1. The molecule has 1 saturated carbocycles. The van der Waals surface area contributed by atoms with Crippen LogP contribution in [0, 0.1) is 5.41 Å². The maximum absolute atomic E-state index is 13.2. The van der Waals surface area contributed by atoms with Gasteiger partial charge in [0, 0.05) is 27.7 Å². The van der Waals surface area contributed by atoms with E-state index in [1.807, 2.05) is 6.07 Å². The smallest absolute Gasteiger partial charge is 0.235 e. The molecule has 1 amide bonds. The van der Waals surface area contributed by atoms with Gasteiger partial charge in [0.25, 0.3) is 0 Å². The highest BCUT2D eigenvalue weighted by Crippen LogP contribution is 2.55. The van der Waals surface area contributed by atoms with Gasteiger partial charge in [-0.3, -0.25) is 4.79 Å². The lowest BCUT2D eigenvalue weighted by atomic mass is 9.84. The summed E-state index contributed by atoms with van der Waals surface area (Å²) in [5, 5.41) is 4.35. The lowest BCUT2D eigenvalue weighted by Gasteiger charge is -2.23. The Morgan fingerprint density at radius 1 is 1.22 bits per heavy atom. The monoisotopic (exact) mass is 362 g/mol. The van der Waals surface area contributed by atoms with Gasteiger partial charge in [-0.2, -0.15) is 0 Å². The molecule has 0 aliphatic heterocycles. The molecular formula is C24H30N2O. The predicted octanol–water partition coefficient (Wildman–Crippen LogP) is 6.24. The second kappa shape index (κ2) is 6.40. The molecule has 1 fully saturated rings. The van der Waals surface area contributed by atoms with E-state index >= 15 is 0 Å². The van der Waals surface area contributed by atoms with Crippen molar-refractivity contribution < 1.29 is 4.79 Å². The summed E-state index contributed by atoms with van der Waals surface area (Å²) >= 11 is 0. The average molecular weight is 363 g/mol. The molecule has 1 aromatic heterocycles. The third-order valence-corrected chi connectivity index (χ3v) is 6.09. The predicted molar refractivity (Wildman–Crippen MR) is 113 cm³/mol. The van der Waals surface area contributed by atoms with Crippen molar-refractivity contribution in [3.8, 4) is 0 Å². The number of anilines is 1. The van der Waals surface area contributed by atoms with Crippen molar-refractivity contribution in [3.05, 3.63) is 53.3 Å². The Kier molecular flexibility index (Phi) is 4.29. The van der Waals surface area contributed by atoms with Gasteiger partial charge in [0.15, 0.2) is 0 Å². The summed E-state index contributed by atoms with van der Waals surface area (Å²) in [6.45, 7) is 8.81. The largest absolute Gasteiger partial charge is 0.358 e. The Hall–Kier alpha value is -2.29. The number of fused-ring (bicyclic) bond motifs is 1. The van der Waals surface area contributed by atoms with E-state index in [1.54, 1.807) is 0 Å². The van der Waals surface area contributed by atoms with Crippen molar-refractivity contribution in [2.45, 2.75) is 65.2 Å². The highest BCUT2D eigenvalue weighted by Gasteiger charge is 2.52. The first-order valence-electron chi connectivity index (χ1n) is 10.2. The first-order chi connectivity index (χ1) is 12.8. The fourth-order valence-electron chi connectivity index (χ4n) is 4.19. The van der Waals surface area contributed by atoms with E-state index in [2.05, 4.69) is 68.3 Å². The van der Waals surface area contributed by atoms with Gasteiger partial charge < -0.3 is 10.3 Å². The first kappa shape index (κ1) is 18.1. The molecule has 1 heterocycles. The van der Waals surface area contributed by atoms with Gasteiger partial charge in [-0.25, -0.2) is 0 Å². The number of H-pyrrole nitrogens is 1. The summed E-state index contributed by atoms with van der Waals surface area (Å²) in [5.74, 6) is 0.154. The highest BCUT2D eigenvalue weighted by atomic mass is 16.2. The second-order valence-electron chi connectivity index (χ2n) is 9.08. The SMILES string of the molecule is CCC1=C(C2(C(=O)Nc3ccc4[nH]c(C(C)(C)C)cc4c3)CC2)C=CCC1. The molecular weight excluding hydrogens is 332 g/mol. The molecule has 0 radical (unpaired) electrons. The third kappa shape index (κ3) is 3.24. The molecule has 4 rings (SSSR count). The molecule has 2 aliphatic carbocycles. The lowest BCUT2D eigenvalue weighted by molar-refractivity contribution is -0.119. The number of hydrogen-bond acceptors (Lipinski definition) is 1. The van der Waals surface area contributed by atoms with Crippen LogP contribution in [0.15, 0.2) is 47.6 Å². The summed E-state index contributed by atoms with van der Waals surface area (Å²) in [4.78, 5) is 16.7. The summed E-state index contributed by atoms with van der Waals surface area (Å²) in [7, 11) is 0. The Morgan fingerprint density at radius 2 is 2.00 bits per heavy atom. The molecule has 0 spiro atoms. The van der Waals surface area contributed by atoms with Crippen LogP contribution in [-0.4, -0.2) is 10.9 Å². The number of carbonyl (C=O) groups is 1. The number of nitrogens with one attached hydrogen (secondary N) is 2. The maximum Gasteiger partial charge on any atom is 0.235 e. The minimum absolute atomic E-state index is 0.0802. The minimum atomic E-state index is -0.300. The van der Waals surface area contributed by atoms with Crippen LogP contribution in [0.2, 0.25) is 0 Å². The van der Waals surface area contributed by atoms with Gasteiger partial charge in [-0.15, -0.1) is 0 Å². The third-order valence-electron chi connectivity index (χ3n) is 6.09. The number of rotatable bonds is 4. The summed E-state index contributed by atoms with van der Waals surface area (Å²) in [6, 6.07) is 8.35. The number of carbonyl (C=O) groups excluding carboxylic acids is 1. The normalized spacial score (nSPS) is 18.8. The molecule has 2 N–H and O–H groups in total. The van der Waals surface area contributed by atoms with E-state index in [4.69, 9.17) is 0 Å².